The minimum atomic E-state index is -2.59. The number of alkyl halides is 2. The summed E-state index contributed by atoms with van der Waals surface area (Å²) in [6.45, 7) is 1.66. The van der Waals surface area contributed by atoms with Crippen LogP contribution in [0.2, 0.25) is 0 Å². The molecule has 6 rings (SSSR count). The molecule has 3 aromatic heterocycles. The van der Waals surface area contributed by atoms with Gasteiger partial charge in [0.05, 0.1) is 30.3 Å². The van der Waals surface area contributed by atoms with E-state index in [1.165, 1.54) is 35.6 Å². The zero-order valence-electron chi connectivity index (χ0n) is 23.3. The molecule has 2 aliphatic carbocycles. The number of hydrogen-bond donors (Lipinski definition) is 2. The van der Waals surface area contributed by atoms with Gasteiger partial charge in [-0.25, -0.2) is 33.7 Å². The summed E-state index contributed by atoms with van der Waals surface area (Å²) in [4.78, 5) is 74.5. The summed E-state index contributed by atoms with van der Waals surface area (Å²) in [7, 11) is 1.55. The van der Waals surface area contributed by atoms with Crippen LogP contribution in [0.15, 0.2) is 31.0 Å². The van der Waals surface area contributed by atoms with Crippen LogP contribution in [0, 0.1) is 11.8 Å². The van der Waals surface area contributed by atoms with E-state index in [1.54, 1.807) is 18.9 Å². The van der Waals surface area contributed by atoms with Gasteiger partial charge in [0.15, 0.2) is 23.1 Å². The number of hydrogen-bond acceptors (Lipinski definition) is 11. The van der Waals surface area contributed by atoms with Crippen LogP contribution in [0.25, 0.3) is 11.4 Å². The Kier molecular flexibility index (Phi) is 6.85. The second-order valence-electron chi connectivity index (χ2n) is 10.8. The molecule has 3 aromatic rings. The molecule has 0 spiro atoms. The monoisotopic (exact) mass is 594 g/mol. The highest BCUT2D eigenvalue weighted by Crippen LogP contribution is 2.59. The Labute approximate surface area is 243 Å². The number of nitrogens with zero attached hydrogens (tertiary/aromatic N) is 8. The molecule has 14 nitrogen and oxygen atoms in total. The van der Waals surface area contributed by atoms with Crippen molar-refractivity contribution in [3.63, 3.8) is 0 Å². The standard InChI is InChI=1S/C27H28F2N10O4/c1-3-16(41)10-38(14-40)23(42)20-22(30-2)34-13-39(20)26(5-6-26)24(43)36-19-4-7-31-21(35-19)15-8-32-25(33-9-15)37-11-17-18(12-37)27(17,28)29/h4,7-9,13-14,17-18,30H,3,5-6,10-12H2,1-2H3,(H,31,35,36,43). The van der Waals surface area contributed by atoms with Crippen molar-refractivity contribution in [2.45, 2.75) is 37.6 Å². The Bertz CT molecular complexity index is 1590. The van der Waals surface area contributed by atoms with Gasteiger partial charge in [-0.1, -0.05) is 6.92 Å². The smallest absolute Gasteiger partial charge is 0.281 e. The van der Waals surface area contributed by atoms with Crippen LogP contribution < -0.4 is 15.5 Å². The first-order chi connectivity index (χ1) is 20.6. The van der Waals surface area contributed by atoms with Gasteiger partial charge in [-0.05, 0) is 18.9 Å². The first-order valence-electron chi connectivity index (χ1n) is 13.8. The van der Waals surface area contributed by atoms with E-state index in [1.807, 2.05) is 0 Å². The van der Waals surface area contributed by atoms with Crippen molar-refractivity contribution in [3.05, 3.63) is 36.7 Å². The first-order valence-corrected chi connectivity index (χ1v) is 13.8. The second kappa shape index (κ2) is 10.4. The van der Waals surface area contributed by atoms with Crippen molar-refractivity contribution in [2.24, 2.45) is 11.8 Å². The number of imide groups is 1. The van der Waals surface area contributed by atoms with Gasteiger partial charge < -0.3 is 20.1 Å². The lowest BCUT2D eigenvalue weighted by Crippen LogP contribution is -2.40. The third kappa shape index (κ3) is 4.85. The lowest BCUT2D eigenvalue weighted by Gasteiger charge is -2.22. The largest absolute Gasteiger partial charge is 0.371 e. The van der Waals surface area contributed by atoms with Crippen LogP contribution >= 0.6 is 0 Å². The number of halogens is 2. The number of nitrogens with one attached hydrogen (secondary N) is 2. The molecule has 2 saturated carbocycles. The van der Waals surface area contributed by atoms with Crippen LogP contribution in [-0.2, 0) is 19.9 Å². The highest BCUT2D eigenvalue weighted by atomic mass is 19.3. The molecule has 1 saturated heterocycles. The van der Waals surface area contributed by atoms with Crippen molar-refractivity contribution >= 4 is 41.6 Å². The van der Waals surface area contributed by atoms with Crippen molar-refractivity contribution < 1.29 is 28.0 Å². The molecule has 0 bridgehead atoms. The molecule has 16 heteroatoms. The van der Waals surface area contributed by atoms with Crippen LogP contribution in [0.4, 0.5) is 26.4 Å². The number of piperidine rings is 1. The quantitative estimate of drug-likeness (QED) is 0.309. The lowest BCUT2D eigenvalue weighted by atomic mass is 10.2. The normalized spacial score (nSPS) is 20.6. The van der Waals surface area contributed by atoms with E-state index in [2.05, 4.69) is 35.6 Å². The average molecular weight is 595 g/mol. The third-order valence-electron chi connectivity index (χ3n) is 8.22. The Morgan fingerprint density at radius 3 is 2.42 bits per heavy atom. The SMILES string of the molecule is CCC(=O)CN(C=O)C(=O)c1c(NC)ncn1C1(C(=O)Nc2ccnc(-c3cnc(N4CC5C(C4)C5(F)F)nc3)n2)CC1. The summed E-state index contributed by atoms with van der Waals surface area (Å²) >= 11 is 0. The Balaban J connectivity index is 1.18. The van der Waals surface area contributed by atoms with E-state index in [4.69, 9.17) is 0 Å². The number of rotatable bonds is 11. The predicted molar refractivity (Wildman–Crippen MR) is 147 cm³/mol. The van der Waals surface area contributed by atoms with Gasteiger partial charge in [-0.2, -0.15) is 0 Å². The fourth-order valence-corrected chi connectivity index (χ4v) is 5.42. The molecular weight excluding hydrogens is 566 g/mol. The maximum absolute atomic E-state index is 13.6. The second-order valence-corrected chi connectivity index (χ2v) is 10.8. The summed E-state index contributed by atoms with van der Waals surface area (Å²) < 4.78 is 28.5. The molecule has 2 unspecified atom stereocenters. The minimum absolute atomic E-state index is 0.0224. The number of aromatic nitrogens is 6. The fraction of sp³-hybridized carbons (Fsp3) is 0.444. The van der Waals surface area contributed by atoms with Gasteiger partial charge in [0.25, 0.3) is 17.7 Å². The molecule has 3 amide bonds. The first kappa shape index (κ1) is 28.2. The van der Waals surface area contributed by atoms with E-state index in [0.29, 0.717) is 24.4 Å². The number of fused-ring (bicyclic) bond motifs is 1. The number of ketones is 1. The van der Waals surface area contributed by atoms with E-state index in [0.717, 1.165) is 4.90 Å². The van der Waals surface area contributed by atoms with Crippen LogP contribution in [0.5, 0.6) is 0 Å². The van der Waals surface area contributed by atoms with Gasteiger partial charge in [-0.3, -0.25) is 24.1 Å². The van der Waals surface area contributed by atoms with Crippen molar-refractivity contribution in [2.75, 3.05) is 42.2 Å². The lowest BCUT2D eigenvalue weighted by molar-refractivity contribution is -0.124. The molecule has 43 heavy (non-hydrogen) atoms. The number of imidazole rings is 1. The molecular formula is C27H28F2N10O4. The third-order valence-corrected chi connectivity index (χ3v) is 8.22. The maximum Gasteiger partial charge on any atom is 0.281 e. The van der Waals surface area contributed by atoms with Crippen molar-refractivity contribution in [1.82, 2.24) is 34.4 Å². The zero-order valence-corrected chi connectivity index (χ0v) is 23.3. The van der Waals surface area contributed by atoms with E-state index >= 15 is 0 Å². The van der Waals surface area contributed by atoms with E-state index < -0.39 is 41.7 Å². The van der Waals surface area contributed by atoms with E-state index in [9.17, 15) is 28.0 Å². The average Bonchev–Trinajstić information content (AvgIpc) is 3.72. The zero-order chi connectivity index (χ0) is 30.5. The van der Waals surface area contributed by atoms with E-state index in [-0.39, 0.29) is 54.9 Å². The minimum Gasteiger partial charge on any atom is -0.371 e. The molecule has 2 N–H and O–H groups in total. The predicted octanol–water partition coefficient (Wildman–Crippen LogP) is 1.58. The summed E-state index contributed by atoms with van der Waals surface area (Å²) in [6.07, 6.45) is 7.04. The Morgan fingerprint density at radius 2 is 1.81 bits per heavy atom. The number of amides is 3. The molecule has 3 fully saturated rings. The number of Topliss-reactive ketones (excluding diaryl/α,β-unsaturated/α-hetero) is 1. The molecule has 0 aromatic carbocycles. The van der Waals surface area contributed by atoms with Crippen molar-refractivity contribution in [1.29, 1.82) is 0 Å². The molecule has 224 valence electrons. The maximum atomic E-state index is 13.6. The number of anilines is 3. The summed E-state index contributed by atoms with van der Waals surface area (Å²) in [6, 6.07) is 1.51. The van der Waals surface area contributed by atoms with Crippen LogP contribution in [0.3, 0.4) is 0 Å². The highest BCUT2D eigenvalue weighted by Gasteiger charge is 2.72. The number of carbonyl (C=O) groups is 4. The highest BCUT2D eigenvalue weighted by molar-refractivity contribution is 6.06. The Morgan fingerprint density at radius 1 is 1.12 bits per heavy atom. The summed E-state index contributed by atoms with van der Waals surface area (Å²) in [5.41, 5.74) is -0.724. The molecule has 3 aliphatic rings. The van der Waals surface area contributed by atoms with Crippen molar-refractivity contribution in [3.8, 4) is 11.4 Å². The molecule has 4 heterocycles. The summed E-state index contributed by atoms with van der Waals surface area (Å²) in [5, 5.41) is 5.58. The van der Waals surface area contributed by atoms with Gasteiger partial charge >= 0.3 is 0 Å². The number of carbonyl (C=O) groups excluding carboxylic acids is 4. The molecule has 0 radical (unpaired) electrons. The van der Waals surface area contributed by atoms with Gasteiger partial charge in [0, 0.05) is 45.1 Å². The van der Waals surface area contributed by atoms with Gasteiger partial charge in [0.1, 0.15) is 11.4 Å². The fourth-order valence-electron chi connectivity index (χ4n) is 5.42. The van der Waals surface area contributed by atoms with Crippen LogP contribution in [-0.4, -0.2) is 91.0 Å². The summed E-state index contributed by atoms with van der Waals surface area (Å²) in [5.74, 6) is -4.46. The molecule has 2 atom stereocenters. The van der Waals surface area contributed by atoms with Gasteiger partial charge in [-0.15, -0.1) is 0 Å². The van der Waals surface area contributed by atoms with Gasteiger partial charge in [0.2, 0.25) is 12.4 Å². The topological polar surface area (TPSA) is 168 Å². The van der Waals surface area contributed by atoms with Crippen LogP contribution in [0.1, 0.15) is 36.7 Å². The Hall–Kier alpha value is -4.89. The molecule has 1 aliphatic heterocycles.